The van der Waals surface area contributed by atoms with Crippen LogP contribution in [0.15, 0.2) is 30.7 Å². The third-order valence-corrected chi connectivity index (χ3v) is 6.07. The van der Waals surface area contributed by atoms with E-state index in [2.05, 4.69) is 35.5 Å². The predicted molar refractivity (Wildman–Crippen MR) is 115 cm³/mol. The van der Waals surface area contributed by atoms with Crippen molar-refractivity contribution in [2.24, 2.45) is 5.41 Å². The Kier molecular flexibility index (Phi) is 5.76. The lowest BCUT2D eigenvalue weighted by Crippen LogP contribution is -2.15. The first-order valence-corrected chi connectivity index (χ1v) is 11.0. The van der Waals surface area contributed by atoms with E-state index >= 15 is 4.39 Å². The van der Waals surface area contributed by atoms with E-state index in [1.54, 1.807) is 11.9 Å². The van der Waals surface area contributed by atoms with Crippen molar-refractivity contribution in [3.8, 4) is 11.3 Å². The molecule has 2 aromatic heterocycles. The molecule has 9 heteroatoms. The molecule has 31 heavy (non-hydrogen) atoms. The second-order valence-corrected chi connectivity index (χ2v) is 10.3. The van der Waals surface area contributed by atoms with Crippen molar-refractivity contribution < 1.29 is 17.6 Å². The summed E-state index contributed by atoms with van der Waals surface area (Å²) in [6.45, 7) is 7.42. The number of nitrogens with zero attached hydrogens (tertiary/aromatic N) is 3. The van der Waals surface area contributed by atoms with Gasteiger partial charge in [-0.2, -0.15) is 13.2 Å². The number of rotatable bonds is 6. The van der Waals surface area contributed by atoms with Gasteiger partial charge in [-0.25, -0.2) is 9.37 Å². The van der Waals surface area contributed by atoms with Gasteiger partial charge in [-0.15, -0.1) is 0 Å². The van der Waals surface area contributed by atoms with Crippen molar-refractivity contribution in [2.75, 3.05) is 0 Å². The van der Waals surface area contributed by atoms with E-state index in [0.717, 1.165) is 18.0 Å². The number of aromatic nitrogens is 3. The summed E-state index contributed by atoms with van der Waals surface area (Å²) in [5.74, 6) is -0.747. The second kappa shape index (κ2) is 8.09. The number of fused-ring (bicyclic) bond motifs is 1. The molecule has 2 heterocycles. The van der Waals surface area contributed by atoms with Crippen LogP contribution in [0.3, 0.4) is 0 Å². The normalized spacial score (nSPS) is 15.1. The number of alkyl halides is 3. The summed E-state index contributed by atoms with van der Waals surface area (Å²) in [7, 11) is 0. The summed E-state index contributed by atoms with van der Waals surface area (Å²) in [6, 6.07) is 2.78. The number of benzene rings is 1. The Balaban J connectivity index is 1.82. The Morgan fingerprint density at radius 3 is 2.48 bits per heavy atom. The van der Waals surface area contributed by atoms with E-state index in [-0.39, 0.29) is 11.0 Å². The zero-order valence-corrected chi connectivity index (χ0v) is 18.4. The Hall–Kier alpha value is -2.13. The van der Waals surface area contributed by atoms with Crippen LogP contribution in [-0.2, 0) is 19.3 Å². The minimum atomic E-state index is -4.73. The fourth-order valence-electron chi connectivity index (χ4n) is 3.51. The minimum absolute atomic E-state index is 0.0718. The lowest BCUT2D eigenvalue weighted by Gasteiger charge is -2.20. The largest absolute Gasteiger partial charge is 0.435 e. The van der Waals surface area contributed by atoms with Gasteiger partial charge in [0.1, 0.15) is 11.5 Å². The molecule has 4 rings (SSSR count). The standard InChI is InChI=1S/C22H24F4N4S/c1-21(2,3)12-30-11-13(10-29-31-14-4-5-14)15-8-17(23)16(9-18(15)30)19-20(22(24,25)26)28-7-6-27-19/h6-9,11,14,29H,4-5,10,12H2,1-3H3. The molecule has 0 radical (unpaired) electrons. The first-order chi connectivity index (χ1) is 14.5. The maximum absolute atomic E-state index is 15.1. The van der Waals surface area contributed by atoms with Gasteiger partial charge >= 0.3 is 6.18 Å². The van der Waals surface area contributed by atoms with E-state index in [1.807, 2.05) is 10.8 Å². The van der Waals surface area contributed by atoms with E-state index in [9.17, 15) is 13.2 Å². The Morgan fingerprint density at radius 1 is 1.13 bits per heavy atom. The highest BCUT2D eigenvalue weighted by molar-refractivity contribution is 7.98. The van der Waals surface area contributed by atoms with Crippen molar-refractivity contribution in [3.63, 3.8) is 0 Å². The van der Waals surface area contributed by atoms with Gasteiger partial charge in [0.05, 0.1) is 0 Å². The molecule has 0 amide bonds. The fraction of sp³-hybridized carbons (Fsp3) is 0.455. The highest BCUT2D eigenvalue weighted by Crippen LogP contribution is 2.38. The van der Waals surface area contributed by atoms with E-state index in [0.29, 0.717) is 29.2 Å². The molecule has 0 unspecified atom stereocenters. The maximum atomic E-state index is 15.1. The molecule has 0 spiro atoms. The molecule has 0 saturated heterocycles. The first-order valence-electron chi connectivity index (χ1n) is 10.1. The first kappa shape index (κ1) is 22.1. The molecule has 0 atom stereocenters. The molecular weight excluding hydrogens is 428 g/mol. The van der Waals surface area contributed by atoms with Crippen molar-refractivity contribution in [1.29, 1.82) is 0 Å². The zero-order valence-electron chi connectivity index (χ0n) is 17.6. The molecule has 1 saturated carbocycles. The fourth-order valence-corrected chi connectivity index (χ4v) is 4.36. The van der Waals surface area contributed by atoms with Crippen molar-refractivity contribution in [2.45, 2.75) is 58.1 Å². The topological polar surface area (TPSA) is 42.7 Å². The maximum Gasteiger partial charge on any atom is 0.435 e. The number of hydrogen-bond acceptors (Lipinski definition) is 4. The summed E-state index contributed by atoms with van der Waals surface area (Å²) >= 11 is 1.68. The lowest BCUT2D eigenvalue weighted by molar-refractivity contribution is -0.140. The van der Waals surface area contributed by atoms with Crippen LogP contribution in [0.1, 0.15) is 44.9 Å². The summed E-state index contributed by atoms with van der Waals surface area (Å²) in [4.78, 5) is 7.25. The van der Waals surface area contributed by atoms with Crippen LogP contribution in [0, 0.1) is 11.2 Å². The quantitative estimate of drug-likeness (QED) is 0.357. The van der Waals surface area contributed by atoms with Gasteiger partial charge in [0, 0.05) is 53.4 Å². The van der Waals surface area contributed by atoms with Crippen LogP contribution in [0.2, 0.25) is 0 Å². The SMILES string of the molecule is CC(C)(C)Cn1cc(CNSC2CC2)c2cc(F)c(-c3nccnc3C(F)(F)F)cc21. The molecule has 166 valence electrons. The lowest BCUT2D eigenvalue weighted by atomic mass is 9.97. The summed E-state index contributed by atoms with van der Waals surface area (Å²) < 4.78 is 60.8. The molecule has 0 aliphatic heterocycles. The zero-order chi connectivity index (χ0) is 22.4. The molecule has 1 aromatic carbocycles. The Bertz CT molecular complexity index is 1100. The minimum Gasteiger partial charge on any atom is -0.347 e. The van der Waals surface area contributed by atoms with Crippen LogP contribution >= 0.6 is 11.9 Å². The monoisotopic (exact) mass is 452 g/mol. The third kappa shape index (κ3) is 5.03. The third-order valence-electron chi connectivity index (χ3n) is 4.96. The molecule has 1 N–H and O–H groups in total. The van der Waals surface area contributed by atoms with Crippen LogP contribution in [0.4, 0.5) is 17.6 Å². The molecular formula is C22H24F4N4S. The summed E-state index contributed by atoms with van der Waals surface area (Å²) in [6.07, 6.45) is 1.73. The van der Waals surface area contributed by atoms with Crippen molar-refractivity contribution in [1.82, 2.24) is 19.3 Å². The Labute approximate surface area is 182 Å². The van der Waals surface area contributed by atoms with Crippen molar-refractivity contribution in [3.05, 3.63) is 47.8 Å². The summed E-state index contributed by atoms with van der Waals surface area (Å²) in [5, 5.41) is 1.32. The van der Waals surface area contributed by atoms with Crippen LogP contribution in [0.25, 0.3) is 22.2 Å². The van der Waals surface area contributed by atoms with E-state index < -0.39 is 23.4 Å². The molecule has 1 aliphatic rings. The average molecular weight is 453 g/mol. The van der Waals surface area contributed by atoms with Gasteiger partial charge in [0.15, 0.2) is 5.69 Å². The molecule has 4 nitrogen and oxygen atoms in total. The molecule has 1 fully saturated rings. The van der Waals surface area contributed by atoms with Gasteiger partial charge in [-0.05, 0) is 36.0 Å². The second-order valence-electron chi connectivity index (χ2n) is 9.08. The highest BCUT2D eigenvalue weighted by Gasteiger charge is 2.37. The Morgan fingerprint density at radius 2 is 1.84 bits per heavy atom. The van der Waals surface area contributed by atoms with E-state index in [1.165, 1.54) is 25.0 Å². The van der Waals surface area contributed by atoms with Crippen LogP contribution in [0.5, 0.6) is 0 Å². The molecule has 3 aromatic rings. The summed E-state index contributed by atoms with van der Waals surface area (Å²) in [5.41, 5.74) is -0.372. The van der Waals surface area contributed by atoms with Crippen LogP contribution < -0.4 is 4.72 Å². The van der Waals surface area contributed by atoms with Crippen LogP contribution in [-0.4, -0.2) is 19.8 Å². The van der Waals surface area contributed by atoms with Crippen molar-refractivity contribution >= 4 is 22.9 Å². The smallest absolute Gasteiger partial charge is 0.347 e. The number of nitrogens with one attached hydrogen (secondary N) is 1. The molecule has 0 bridgehead atoms. The van der Waals surface area contributed by atoms with Gasteiger partial charge in [-0.3, -0.25) is 9.71 Å². The van der Waals surface area contributed by atoms with Gasteiger partial charge in [-0.1, -0.05) is 32.7 Å². The predicted octanol–water partition coefficient (Wildman–Crippen LogP) is 6.20. The van der Waals surface area contributed by atoms with Gasteiger partial charge < -0.3 is 4.57 Å². The average Bonchev–Trinajstić information content (AvgIpc) is 3.43. The number of halogens is 4. The highest BCUT2D eigenvalue weighted by atomic mass is 32.2. The van der Waals surface area contributed by atoms with Gasteiger partial charge in [0.2, 0.25) is 0 Å². The molecule has 1 aliphatic carbocycles. The van der Waals surface area contributed by atoms with E-state index in [4.69, 9.17) is 0 Å². The van der Waals surface area contributed by atoms with Gasteiger partial charge in [0.25, 0.3) is 0 Å². The number of hydrogen-bond donors (Lipinski definition) is 1.